The van der Waals surface area contributed by atoms with Crippen molar-refractivity contribution in [2.45, 2.75) is 13.0 Å². The molecule has 0 bridgehead atoms. The Labute approximate surface area is 141 Å². The fourth-order valence-electron chi connectivity index (χ4n) is 3.02. The second kappa shape index (κ2) is 5.42. The first-order chi connectivity index (χ1) is 11.1. The van der Waals surface area contributed by atoms with E-state index in [1.807, 2.05) is 30.1 Å². The van der Waals surface area contributed by atoms with Crippen molar-refractivity contribution in [3.8, 4) is 0 Å². The Balaban J connectivity index is 1.72. The van der Waals surface area contributed by atoms with Gasteiger partial charge in [-0.2, -0.15) is 5.10 Å². The Hall–Kier alpha value is -2.28. The van der Waals surface area contributed by atoms with Crippen molar-refractivity contribution in [3.63, 3.8) is 0 Å². The molecule has 0 saturated heterocycles. The van der Waals surface area contributed by atoms with E-state index in [1.165, 1.54) is 0 Å². The van der Waals surface area contributed by atoms with Crippen LogP contribution in [-0.4, -0.2) is 37.1 Å². The number of rotatable bonds is 1. The van der Waals surface area contributed by atoms with Crippen LogP contribution in [0.1, 0.15) is 21.7 Å². The van der Waals surface area contributed by atoms with E-state index in [0.717, 1.165) is 33.1 Å². The fourth-order valence-corrected chi connectivity index (χ4v) is 3.37. The van der Waals surface area contributed by atoms with Crippen LogP contribution in [-0.2, 0) is 20.0 Å². The van der Waals surface area contributed by atoms with Gasteiger partial charge in [-0.15, -0.1) is 0 Å². The summed E-state index contributed by atoms with van der Waals surface area (Å²) < 4.78 is 2.61. The monoisotopic (exact) mass is 371 g/mol. The third-order valence-electron chi connectivity index (χ3n) is 4.15. The minimum absolute atomic E-state index is 0.00757. The zero-order valence-corrected chi connectivity index (χ0v) is 14.1. The Morgan fingerprint density at radius 3 is 3.09 bits per heavy atom. The van der Waals surface area contributed by atoms with Gasteiger partial charge in [-0.1, -0.05) is 15.9 Å². The smallest absolute Gasteiger partial charge is 0.273 e. The van der Waals surface area contributed by atoms with Gasteiger partial charge in [-0.25, -0.2) is 9.97 Å². The number of hydrogen-bond acceptors (Lipinski definition) is 4. The number of aryl methyl sites for hydroxylation is 1. The lowest BCUT2D eigenvalue weighted by atomic mass is 10.1. The van der Waals surface area contributed by atoms with Gasteiger partial charge in [-0.3, -0.25) is 9.48 Å². The van der Waals surface area contributed by atoms with Crippen LogP contribution in [0, 0.1) is 0 Å². The molecule has 0 saturated carbocycles. The van der Waals surface area contributed by atoms with Gasteiger partial charge in [0.25, 0.3) is 5.91 Å². The molecule has 7 heteroatoms. The van der Waals surface area contributed by atoms with Crippen molar-refractivity contribution in [2.24, 2.45) is 7.05 Å². The van der Waals surface area contributed by atoms with Crippen LogP contribution in [0.15, 0.2) is 35.2 Å². The molecule has 1 amide bonds. The van der Waals surface area contributed by atoms with Crippen LogP contribution in [0.25, 0.3) is 10.9 Å². The van der Waals surface area contributed by atoms with E-state index in [2.05, 4.69) is 31.0 Å². The summed E-state index contributed by atoms with van der Waals surface area (Å²) in [5.41, 5.74) is 3.47. The number of carbonyl (C=O) groups excluding carboxylic acids is 1. The summed E-state index contributed by atoms with van der Waals surface area (Å²) in [6, 6.07) is 5.78. The summed E-state index contributed by atoms with van der Waals surface area (Å²) in [6.45, 7) is 1.20. The summed E-state index contributed by atoms with van der Waals surface area (Å²) in [4.78, 5) is 23.2. The number of fused-ring (bicyclic) bond motifs is 2. The zero-order chi connectivity index (χ0) is 16.0. The molecule has 0 radical (unpaired) electrons. The van der Waals surface area contributed by atoms with Crippen molar-refractivity contribution < 1.29 is 4.79 Å². The third kappa shape index (κ3) is 2.41. The van der Waals surface area contributed by atoms with Crippen LogP contribution in [0.4, 0.5) is 0 Å². The van der Waals surface area contributed by atoms with E-state index in [0.29, 0.717) is 18.8 Å². The highest BCUT2D eigenvalue weighted by Gasteiger charge is 2.26. The highest BCUT2D eigenvalue weighted by atomic mass is 79.9. The van der Waals surface area contributed by atoms with Gasteiger partial charge in [0, 0.05) is 48.2 Å². The molecule has 0 N–H and O–H groups in total. The molecule has 23 heavy (non-hydrogen) atoms. The minimum atomic E-state index is -0.00757. The number of nitrogens with zero attached hydrogens (tertiary/aromatic N) is 5. The van der Waals surface area contributed by atoms with Crippen LogP contribution in [0.2, 0.25) is 0 Å². The average Bonchev–Trinajstić information content (AvgIpc) is 2.88. The summed E-state index contributed by atoms with van der Waals surface area (Å²) in [7, 11) is 1.81. The lowest BCUT2D eigenvalue weighted by molar-refractivity contribution is 0.0724. The van der Waals surface area contributed by atoms with Crippen LogP contribution in [0.5, 0.6) is 0 Å². The molecule has 0 fully saturated rings. The molecule has 1 aliphatic heterocycles. The van der Waals surface area contributed by atoms with E-state index in [9.17, 15) is 4.79 Å². The van der Waals surface area contributed by atoms with Gasteiger partial charge in [0.2, 0.25) is 0 Å². The van der Waals surface area contributed by atoms with E-state index in [1.54, 1.807) is 17.2 Å². The van der Waals surface area contributed by atoms with E-state index < -0.39 is 0 Å². The number of aromatic nitrogens is 4. The van der Waals surface area contributed by atoms with Crippen molar-refractivity contribution >= 4 is 32.7 Å². The fraction of sp³-hybridized carbons (Fsp3) is 0.250. The maximum absolute atomic E-state index is 13.0. The summed E-state index contributed by atoms with van der Waals surface area (Å²) in [5.74, 6) is -0.00757. The maximum Gasteiger partial charge on any atom is 0.273 e. The first kappa shape index (κ1) is 14.3. The van der Waals surface area contributed by atoms with Gasteiger partial charge in [-0.05, 0) is 18.2 Å². The molecule has 3 heterocycles. The molecule has 1 aliphatic rings. The topological polar surface area (TPSA) is 63.9 Å². The quantitative estimate of drug-likeness (QED) is 0.658. The Morgan fingerprint density at radius 2 is 2.22 bits per heavy atom. The van der Waals surface area contributed by atoms with Gasteiger partial charge in [0.05, 0.1) is 11.2 Å². The molecule has 0 aliphatic carbocycles. The molecular formula is C16H14BrN5O. The molecule has 3 aromatic rings. The van der Waals surface area contributed by atoms with Gasteiger partial charge < -0.3 is 4.90 Å². The van der Waals surface area contributed by atoms with Crippen LogP contribution in [0.3, 0.4) is 0 Å². The van der Waals surface area contributed by atoms with Gasteiger partial charge in [0.1, 0.15) is 12.0 Å². The first-order valence-corrected chi connectivity index (χ1v) is 8.12. The number of amides is 1. The predicted octanol–water partition coefficient (Wildman–Crippen LogP) is 2.32. The lowest BCUT2D eigenvalue weighted by Crippen LogP contribution is -2.37. The number of carbonyl (C=O) groups is 1. The highest BCUT2D eigenvalue weighted by molar-refractivity contribution is 9.10. The Bertz CT molecular complexity index is 920. The number of halogens is 1. The van der Waals surface area contributed by atoms with Crippen LogP contribution >= 0.6 is 15.9 Å². The van der Waals surface area contributed by atoms with Crippen molar-refractivity contribution in [1.82, 2.24) is 24.6 Å². The molecular weight excluding hydrogens is 358 g/mol. The summed E-state index contributed by atoms with van der Waals surface area (Å²) in [6.07, 6.45) is 4.11. The Kier molecular flexibility index (Phi) is 3.37. The highest BCUT2D eigenvalue weighted by Crippen LogP contribution is 2.25. The van der Waals surface area contributed by atoms with E-state index >= 15 is 0 Å². The zero-order valence-electron chi connectivity index (χ0n) is 12.5. The van der Waals surface area contributed by atoms with E-state index in [4.69, 9.17) is 0 Å². The number of benzene rings is 1. The standard InChI is InChI=1S/C16H14BrN5O/c1-21-15(12-3-2-11(17)6-14(12)20-21)16(23)22-5-4-13-10(8-22)7-18-9-19-13/h2-3,6-7,9H,4-5,8H2,1H3. The van der Waals surface area contributed by atoms with Crippen LogP contribution < -0.4 is 0 Å². The normalized spacial score (nSPS) is 14.1. The first-order valence-electron chi connectivity index (χ1n) is 7.33. The minimum Gasteiger partial charge on any atom is -0.332 e. The van der Waals surface area contributed by atoms with Gasteiger partial charge in [0.15, 0.2) is 0 Å². The summed E-state index contributed by atoms with van der Waals surface area (Å²) >= 11 is 3.44. The molecule has 0 atom stereocenters. The molecule has 1 aromatic carbocycles. The van der Waals surface area contributed by atoms with Crippen molar-refractivity contribution in [2.75, 3.05) is 6.54 Å². The number of hydrogen-bond donors (Lipinski definition) is 0. The van der Waals surface area contributed by atoms with Gasteiger partial charge >= 0.3 is 0 Å². The second-order valence-electron chi connectivity index (χ2n) is 5.61. The SMILES string of the molecule is Cn1nc2cc(Br)ccc2c1C(=O)N1CCc2ncncc2C1. The molecule has 0 spiro atoms. The van der Waals surface area contributed by atoms with Crippen molar-refractivity contribution in [1.29, 1.82) is 0 Å². The predicted molar refractivity (Wildman–Crippen MR) is 88.9 cm³/mol. The molecule has 116 valence electrons. The molecule has 0 unspecified atom stereocenters. The molecule has 2 aromatic heterocycles. The third-order valence-corrected chi connectivity index (χ3v) is 4.64. The second-order valence-corrected chi connectivity index (χ2v) is 6.52. The van der Waals surface area contributed by atoms with E-state index in [-0.39, 0.29) is 5.91 Å². The maximum atomic E-state index is 13.0. The molecule has 6 nitrogen and oxygen atoms in total. The Morgan fingerprint density at radius 1 is 1.35 bits per heavy atom. The average molecular weight is 372 g/mol. The largest absolute Gasteiger partial charge is 0.332 e. The lowest BCUT2D eigenvalue weighted by Gasteiger charge is -2.27. The van der Waals surface area contributed by atoms with Crippen molar-refractivity contribution in [3.05, 3.63) is 52.1 Å². The summed E-state index contributed by atoms with van der Waals surface area (Å²) in [5, 5.41) is 5.32. The molecule has 4 rings (SSSR count).